The molecule has 0 aliphatic carbocycles. The summed E-state index contributed by atoms with van der Waals surface area (Å²) in [6.45, 7) is 1.70. The summed E-state index contributed by atoms with van der Waals surface area (Å²) >= 11 is 7.28. The number of likely N-dealkylation sites (tertiary alicyclic amines) is 1. The van der Waals surface area contributed by atoms with Crippen LogP contribution in [0.5, 0.6) is 0 Å². The summed E-state index contributed by atoms with van der Waals surface area (Å²) in [5, 5.41) is 9.04. The van der Waals surface area contributed by atoms with Crippen LogP contribution in [-0.4, -0.2) is 35.6 Å². The van der Waals surface area contributed by atoms with Gasteiger partial charge in [-0.25, -0.2) is 0 Å². The molecule has 1 fully saturated rings. The Morgan fingerprint density at radius 2 is 2.22 bits per heavy atom. The first-order valence-corrected chi connectivity index (χ1v) is 7.21. The second kappa shape index (κ2) is 6.36. The molecule has 0 spiro atoms. The predicted molar refractivity (Wildman–Crippen MR) is 74.8 cm³/mol. The molecular formula is C13H16ClNO2S. The molecule has 3 nitrogen and oxygen atoms in total. The number of hydrogen-bond donors (Lipinski definition) is 1. The van der Waals surface area contributed by atoms with Gasteiger partial charge >= 0.3 is 0 Å². The van der Waals surface area contributed by atoms with Gasteiger partial charge in [-0.1, -0.05) is 11.6 Å². The normalized spacial score (nSPS) is 17.6. The Bertz CT molecular complexity index is 436. The minimum absolute atomic E-state index is 0.0379. The van der Waals surface area contributed by atoms with Crippen LogP contribution in [0.3, 0.4) is 0 Å². The van der Waals surface area contributed by atoms with E-state index in [2.05, 4.69) is 0 Å². The number of aliphatic hydroxyl groups excluding tert-OH is 1. The smallest absolute Gasteiger partial charge is 0.246 e. The van der Waals surface area contributed by atoms with Crippen LogP contribution in [-0.2, 0) is 4.79 Å². The van der Waals surface area contributed by atoms with Gasteiger partial charge in [0.05, 0.1) is 4.34 Å². The highest BCUT2D eigenvalue weighted by molar-refractivity contribution is 7.17. The number of hydrogen-bond acceptors (Lipinski definition) is 3. The van der Waals surface area contributed by atoms with Crippen LogP contribution in [0.25, 0.3) is 6.08 Å². The first-order valence-electron chi connectivity index (χ1n) is 6.02. The molecule has 1 saturated heterocycles. The Morgan fingerprint density at radius 1 is 1.50 bits per heavy atom. The van der Waals surface area contributed by atoms with Gasteiger partial charge in [0.15, 0.2) is 0 Å². The van der Waals surface area contributed by atoms with E-state index in [1.807, 2.05) is 17.0 Å². The SMILES string of the molecule is O=C(/C=C/c1ccc(Cl)s1)N1CCC(CO)CC1. The van der Waals surface area contributed by atoms with Gasteiger partial charge in [0.2, 0.25) is 5.91 Å². The topological polar surface area (TPSA) is 40.5 Å². The van der Waals surface area contributed by atoms with E-state index in [0.29, 0.717) is 5.92 Å². The van der Waals surface area contributed by atoms with Crippen molar-refractivity contribution in [1.82, 2.24) is 4.90 Å². The summed E-state index contributed by atoms with van der Waals surface area (Å²) < 4.78 is 0.728. The summed E-state index contributed by atoms with van der Waals surface area (Å²) in [5.41, 5.74) is 0. The van der Waals surface area contributed by atoms with E-state index in [0.717, 1.165) is 35.1 Å². The highest BCUT2D eigenvalue weighted by Gasteiger charge is 2.20. The Balaban J connectivity index is 1.87. The van der Waals surface area contributed by atoms with Crippen molar-refractivity contribution >= 4 is 34.9 Å². The van der Waals surface area contributed by atoms with Crippen LogP contribution in [0.1, 0.15) is 17.7 Å². The number of nitrogens with zero attached hydrogens (tertiary/aromatic N) is 1. The average Bonchev–Trinajstić information content (AvgIpc) is 2.82. The van der Waals surface area contributed by atoms with Gasteiger partial charge < -0.3 is 10.0 Å². The summed E-state index contributed by atoms with van der Waals surface area (Å²) in [6, 6.07) is 3.72. The lowest BCUT2D eigenvalue weighted by molar-refractivity contribution is -0.127. The second-order valence-electron chi connectivity index (χ2n) is 4.43. The number of halogens is 1. The van der Waals surface area contributed by atoms with Crippen LogP contribution in [0.15, 0.2) is 18.2 Å². The zero-order valence-electron chi connectivity index (χ0n) is 10.0. The van der Waals surface area contributed by atoms with E-state index in [4.69, 9.17) is 16.7 Å². The number of piperidine rings is 1. The molecule has 2 rings (SSSR count). The third kappa shape index (κ3) is 3.57. The second-order valence-corrected chi connectivity index (χ2v) is 6.17. The van der Waals surface area contributed by atoms with Gasteiger partial charge in [-0.05, 0) is 37.0 Å². The quantitative estimate of drug-likeness (QED) is 0.868. The molecule has 0 unspecified atom stereocenters. The Morgan fingerprint density at radius 3 is 2.78 bits per heavy atom. The summed E-state index contributed by atoms with van der Waals surface area (Å²) in [4.78, 5) is 14.7. The highest BCUT2D eigenvalue weighted by atomic mass is 35.5. The maximum atomic E-state index is 11.9. The summed E-state index contributed by atoms with van der Waals surface area (Å²) in [6.07, 6.45) is 5.18. The van der Waals surface area contributed by atoms with Gasteiger partial charge in [0.25, 0.3) is 0 Å². The molecule has 2 heterocycles. The first-order chi connectivity index (χ1) is 8.69. The van der Waals surface area contributed by atoms with Crippen molar-refractivity contribution in [2.45, 2.75) is 12.8 Å². The van der Waals surface area contributed by atoms with Gasteiger partial charge in [0.1, 0.15) is 0 Å². The Hall–Kier alpha value is -0.840. The molecule has 1 aliphatic heterocycles. The molecule has 18 heavy (non-hydrogen) atoms. The fourth-order valence-corrected chi connectivity index (χ4v) is 2.98. The Labute approximate surface area is 116 Å². The van der Waals surface area contributed by atoms with Crippen molar-refractivity contribution in [3.05, 3.63) is 27.4 Å². The summed E-state index contributed by atoms with van der Waals surface area (Å²) in [5.74, 6) is 0.394. The molecule has 98 valence electrons. The first kappa shape index (κ1) is 13.6. The van der Waals surface area contributed by atoms with Crippen molar-refractivity contribution < 1.29 is 9.90 Å². The molecule has 1 N–H and O–H groups in total. The molecule has 5 heteroatoms. The minimum atomic E-state index is 0.0379. The summed E-state index contributed by atoms with van der Waals surface area (Å²) in [7, 11) is 0. The number of aliphatic hydroxyl groups is 1. The van der Waals surface area contributed by atoms with Crippen molar-refractivity contribution in [3.63, 3.8) is 0 Å². The van der Waals surface area contributed by atoms with Crippen molar-refractivity contribution in [2.24, 2.45) is 5.92 Å². The van der Waals surface area contributed by atoms with Gasteiger partial charge in [0, 0.05) is 30.6 Å². The van der Waals surface area contributed by atoms with Crippen LogP contribution in [0.2, 0.25) is 4.34 Å². The van der Waals surface area contributed by atoms with E-state index in [1.165, 1.54) is 11.3 Å². The zero-order valence-corrected chi connectivity index (χ0v) is 11.6. The van der Waals surface area contributed by atoms with Gasteiger partial charge in [-0.15, -0.1) is 11.3 Å². The monoisotopic (exact) mass is 285 g/mol. The highest BCUT2D eigenvalue weighted by Crippen LogP contribution is 2.22. The molecular weight excluding hydrogens is 270 g/mol. The lowest BCUT2D eigenvalue weighted by Crippen LogP contribution is -2.38. The average molecular weight is 286 g/mol. The van der Waals surface area contributed by atoms with E-state index in [9.17, 15) is 4.79 Å². The molecule has 1 aromatic rings. The van der Waals surface area contributed by atoms with E-state index in [1.54, 1.807) is 12.2 Å². The minimum Gasteiger partial charge on any atom is -0.396 e. The predicted octanol–water partition coefficient (Wildman–Crippen LogP) is 2.65. The van der Waals surface area contributed by atoms with E-state index in [-0.39, 0.29) is 12.5 Å². The lowest BCUT2D eigenvalue weighted by Gasteiger charge is -2.30. The van der Waals surface area contributed by atoms with Crippen LogP contribution < -0.4 is 0 Å². The van der Waals surface area contributed by atoms with Crippen molar-refractivity contribution in [1.29, 1.82) is 0 Å². The van der Waals surface area contributed by atoms with Crippen molar-refractivity contribution in [3.8, 4) is 0 Å². The number of amides is 1. The third-order valence-corrected chi connectivity index (χ3v) is 4.36. The van der Waals surface area contributed by atoms with E-state index >= 15 is 0 Å². The molecule has 0 saturated carbocycles. The number of rotatable bonds is 3. The van der Waals surface area contributed by atoms with Crippen LogP contribution in [0.4, 0.5) is 0 Å². The van der Waals surface area contributed by atoms with Gasteiger partial charge in [-0.2, -0.15) is 0 Å². The molecule has 0 atom stereocenters. The maximum absolute atomic E-state index is 11.9. The van der Waals surface area contributed by atoms with Crippen LogP contribution in [0, 0.1) is 5.92 Å². The van der Waals surface area contributed by atoms with E-state index < -0.39 is 0 Å². The lowest BCUT2D eigenvalue weighted by atomic mass is 9.98. The molecule has 1 amide bonds. The maximum Gasteiger partial charge on any atom is 0.246 e. The zero-order chi connectivity index (χ0) is 13.0. The Kier molecular flexibility index (Phi) is 4.80. The fraction of sp³-hybridized carbons (Fsp3) is 0.462. The molecule has 1 aromatic heterocycles. The van der Waals surface area contributed by atoms with Crippen LogP contribution >= 0.6 is 22.9 Å². The van der Waals surface area contributed by atoms with Gasteiger partial charge in [-0.3, -0.25) is 4.79 Å². The standard InChI is InChI=1S/C13H16ClNO2S/c14-12-3-1-11(18-12)2-4-13(17)15-7-5-10(9-16)6-8-15/h1-4,10,16H,5-9H2/b4-2+. The van der Waals surface area contributed by atoms with Crippen molar-refractivity contribution in [2.75, 3.05) is 19.7 Å². The molecule has 0 bridgehead atoms. The third-order valence-electron chi connectivity index (χ3n) is 3.17. The fourth-order valence-electron chi connectivity index (χ4n) is 2.01. The number of thiophene rings is 1. The number of carbonyl (C=O) groups is 1. The molecule has 0 aromatic carbocycles. The largest absolute Gasteiger partial charge is 0.396 e. The number of carbonyl (C=O) groups excluding carboxylic acids is 1. The molecule has 0 radical (unpaired) electrons. The molecule has 1 aliphatic rings.